The van der Waals surface area contributed by atoms with E-state index in [2.05, 4.69) is 39.6 Å². The van der Waals surface area contributed by atoms with Gasteiger partial charge in [0.25, 0.3) is 0 Å². The summed E-state index contributed by atoms with van der Waals surface area (Å²) in [5.41, 5.74) is 4.40. The molecule has 7 heteroatoms. The van der Waals surface area contributed by atoms with Crippen LogP contribution in [0.15, 0.2) is 46.9 Å². The molecule has 3 rings (SSSR count). The lowest BCUT2D eigenvalue weighted by Crippen LogP contribution is -2.27. The maximum atomic E-state index is 12.1. The number of fused-ring (bicyclic) bond motifs is 1. The van der Waals surface area contributed by atoms with Crippen LogP contribution in [0.4, 0.5) is 0 Å². The molecule has 0 saturated carbocycles. The van der Waals surface area contributed by atoms with Crippen molar-refractivity contribution in [1.82, 2.24) is 4.57 Å². The number of benzene rings is 2. The van der Waals surface area contributed by atoms with E-state index in [9.17, 15) is 9.59 Å². The molecule has 0 radical (unpaired) electrons. The van der Waals surface area contributed by atoms with E-state index < -0.39 is 17.9 Å². The Kier molecular flexibility index (Phi) is 7.38. The average Bonchev–Trinajstić information content (AvgIpc) is 3.05. The molecule has 0 saturated heterocycles. The molecule has 0 aliphatic carbocycles. The van der Waals surface area contributed by atoms with Gasteiger partial charge in [-0.05, 0) is 61.2 Å². The summed E-state index contributed by atoms with van der Waals surface area (Å²) >= 11 is 3.48. The van der Waals surface area contributed by atoms with Crippen molar-refractivity contribution >= 4 is 38.8 Å². The molecule has 2 aromatic carbocycles. The molecule has 0 spiro atoms. The van der Waals surface area contributed by atoms with Gasteiger partial charge in [0, 0.05) is 27.6 Å². The number of aromatic nitrogens is 1. The van der Waals surface area contributed by atoms with E-state index in [-0.39, 0.29) is 0 Å². The molecular formula is C24H26BrNO5. The number of hydrogen-bond acceptors (Lipinski definition) is 5. The molecule has 0 fully saturated rings. The summed E-state index contributed by atoms with van der Waals surface area (Å²) in [4.78, 5) is 24.2. The van der Waals surface area contributed by atoms with Crippen LogP contribution in [0.5, 0.6) is 5.75 Å². The Morgan fingerprint density at radius 1 is 1.00 bits per heavy atom. The van der Waals surface area contributed by atoms with Gasteiger partial charge in [-0.2, -0.15) is 0 Å². The minimum atomic E-state index is -0.954. The van der Waals surface area contributed by atoms with Gasteiger partial charge < -0.3 is 18.8 Å². The van der Waals surface area contributed by atoms with E-state index in [0.29, 0.717) is 19.4 Å². The van der Waals surface area contributed by atoms with Crippen LogP contribution in [0, 0.1) is 12.8 Å². The summed E-state index contributed by atoms with van der Waals surface area (Å²) in [7, 11) is 4.19. The molecule has 0 N–H and O–H groups in total. The van der Waals surface area contributed by atoms with Gasteiger partial charge in [0.15, 0.2) is 5.92 Å². The van der Waals surface area contributed by atoms with Crippen molar-refractivity contribution in [2.24, 2.45) is 5.92 Å². The summed E-state index contributed by atoms with van der Waals surface area (Å²) in [6.07, 6.45) is 0.826. The summed E-state index contributed by atoms with van der Waals surface area (Å²) in [6, 6.07) is 14.2. The van der Waals surface area contributed by atoms with Crippen LogP contribution >= 0.6 is 15.9 Å². The van der Waals surface area contributed by atoms with Gasteiger partial charge in [0.1, 0.15) is 5.75 Å². The van der Waals surface area contributed by atoms with Crippen molar-refractivity contribution in [3.63, 3.8) is 0 Å². The molecule has 31 heavy (non-hydrogen) atoms. The molecule has 1 heterocycles. The lowest BCUT2D eigenvalue weighted by atomic mass is 9.97. The Balaban J connectivity index is 2.01. The molecule has 0 amide bonds. The second-order valence-electron chi connectivity index (χ2n) is 7.30. The summed E-state index contributed by atoms with van der Waals surface area (Å²) in [6.45, 7) is 2.77. The van der Waals surface area contributed by atoms with E-state index in [4.69, 9.17) is 14.2 Å². The number of methoxy groups -OCH3 is 3. The zero-order valence-electron chi connectivity index (χ0n) is 18.1. The van der Waals surface area contributed by atoms with Crippen LogP contribution in [0.2, 0.25) is 0 Å². The lowest BCUT2D eigenvalue weighted by molar-refractivity contribution is -0.159. The highest BCUT2D eigenvalue weighted by Crippen LogP contribution is 2.32. The standard InChI is InChI=1S/C24H26BrNO5/c1-15-19(10-11-20(23(27)30-3)24(28)31-4)21-13-18(29-2)9-12-22(21)26(15)14-16-5-7-17(25)8-6-16/h5-9,12-13,20H,10-11,14H2,1-4H3. The van der Waals surface area contributed by atoms with Crippen LogP contribution in [-0.4, -0.2) is 37.8 Å². The normalized spacial score (nSPS) is 11.0. The Morgan fingerprint density at radius 2 is 1.65 bits per heavy atom. The Hall–Kier alpha value is -2.80. The molecule has 0 atom stereocenters. The van der Waals surface area contributed by atoms with Crippen molar-refractivity contribution in [2.75, 3.05) is 21.3 Å². The van der Waals surface area contributed by atoms with Gasteiger partial charge in [0.05, 0.1) is 21.3 Å². The van der Waals surface area contributed by atoms with Gasteiger partial charge in [-0.15, -0.1) is 0 Å². The van der Waals surface area contributed by atoms with Crippen molar-refractivity contribution in [2.45, 2.75) is 26.3 Å². The fraction of sp³-hybridized carbons (Fsp3) is 0.333. The fourth-order valence-corrected chi connectivity index (χ4v) is 4.12. The molecule has 0 aliphatic rings. The number of ether oxygens (including phenoxy) is 3. The predicted octanol–water partition coefficient (Wildman–Crippen LogP) is 4.66. The van der Waals surface area contributed by atoms with Gasteiger partial charge in [-0.25, -0.2) is 0 Å². The number of carbonyl (C=O) groups is 2. The van der Waals surface area contributed by atoms with E-state index in [1.54, 1.807) is 7.11 Å². The quantitative estimate of drug-likeness (QED) is 0.341. The number of rotatable bonds is 8. The molecule has 1 aromatic heterocycles. The molecule has 0 unspecified atom stereocenters. The maximum Gasteiger partial charge on any atom is 0.320 e. The fourth-order valence-electron chi connectivity index (χ4n) is 3.85. The maximum absolute atomic E-state index is 12.1. The Bertz CT molecular complexity index is 1070. The third-order valence-corrected chi connectivity index (χ3v) is 6.10. The number of nitrogens with zero attached hydrogens (tertiary/aromatic N) is 1. The molecule has 0 bridgehead atoms. The second kappa shape index (κ2) is 10.0. The zero-order chi connectivity index (χ0) is 22.5. The average molecular weight is 488 g/mol. The summed E-state index contributed by atoms with van der Waals surface area (Å²) < 4.78 is 18.3. The lowest BCUT2D eigenvalue weighted by Gasteiger charge is -2.13. The predicted molar refractivity (Wildman–Crippen MR) is 122 cm³/mol. The number of esters is 2. The molecule has 3 aromatic rings. The van der Waals surface area contributed by atoms with E-state index in [0.717, 1.165) is 32.4 Å². The number of aryl methyl sites for hydroxylation is 1. The van der Waals surface area contributed by atoms with Crippen molar-refractivity contribution in [1.29, 1.82) is 0 Å². The van der Waals surface area contributed by atoms with Crippen molar-refractivity contribution < 1.29 is 23.8 Å². The molecule has 164 valence electrons. The van der Waals surface area contributed by atoms with Crippen LogP contribution in [-0.2, 0) is 32.0 Å². The van der Waals surface area contributed by atoms with E-state index in [1.165, 1.54) is 19.8 Å². The highest BCUT2D eigenvalue weighted by atomic mass is 79.9. The zero-order valence-corrected chi connectivity index (χ0v) is 19.7. The molecular weight excluding hydrogens is 462 g/mol. The monoisotopic (exact) mass is 487 g/mol. The summed E-state index contributed by atoms with van der Waals surface area (Å²) in [5.74, 6) is -1.36. The van der Waals surface area contributed by atoms with Crippen LogP contribution in [0.3, 0.4) is 0 Å². The Morgan fingerprint density at radius 3 is 2.23 bits per heavy atom. The van der Waals surface area contributed by atoms with Gasteiger partial charge in [-0.1, -0.05) is 28.1 Å². The van der Waals surface area contributed by atoms with Gasteiger partial charge in [0.2, 0.25) is 0 Å². The summed E-state index contributed by atoms with van der Waals surface area (Å²) in [5, 5.41) is 1.04. The number of carbonyl (C=O) groups excluding carboxylic acids is 2. The van der Waals surface area contributed by atoms with Crippen molar-refractivity contribution in [3.05, 3.63) is 63.8 Å². The smallest absolute Gasteiger partial charge is 0.320 e. The highest BCUT2D eigenvalue weighted by molar-refractivity contribution is 9.10. The van der Waals surface area contributed by atoms with Crippen LogP contribution in [0.25, 0.3) is 10.9 Å². The minimum Gasteiger partial charge on any atom is -0.497 e. The topological polar surface area (TPSA) is 66.8 Å². The minimum absolute atomic E-state index is 0.300. The van der Waals surface area contributed by atoms with E-state index >= 15 is 0 Å². The molecule has 6 nitrogen and oxygen atoms in total. The highest BCUT2D eigenvalue weighted by Gasteiger charge is 2.29. The van der Waals surface area contributed by atoms with Crippen LogP contribution in [0.1, 0.15) is 23.2 Å². The van der Waals surface area contributed by atoms with E-state index in [1.807, 2.05) is 30.3 Å². The third-order valence-electron chi connectivity index (χ3n) is 5.57. The van der Waals surface area contributed by atoms with Gasteiger partial charge >= 0.3 is 11.9 Å². The Labute approximate surface area is 190 Å². The largest absolute Gasteiger partial charge is 0.497 e. The third kappa shape index (κ3) is 4.93. The van der Waals surface area contributed by atoms with Gasteiger partial charge in [-0.3, -0.25) is 9.59 Å². The number of halogens is 1. The first-order chi connectivity index (χ1) is 14.9. The molecule has 0 aliphatic heterocycles. The number of hydrogen-bond donors (Lipinski definition) is 0. The van der Waals surface area contributed by atoms with Crippen molar-refractivity contribution in [3.8, 4) is 5.75 Å². The second-order valence-corrected chi connectivity index (χ2v) is 8.21. The van der Waals surface area contributed by atoms with Crippen LogP contribution < -0.4 is 4.74 Å². The first-order valence-corrected chi connectivity index (χ1v) is 10.7. The SMILES string of the molecule is COC(=O)C(CCc1c(C)n(Cc2ccc(Br)cc2)c2ccc(OC)cc12)C(=O)OC. The first-order valence-electron chi connectivity index (χ1n) is 9.95. The first kappa shape index (κ1) is 22.9.